The SMILES string of the molecule is Cc1c(-c2cc(OCC(=O)c3ccc(F)cn3)c3c(C(F)(F)F)cnn3c2)nnn1[C@@H]1CCN(C(=O)OC(C)(C)C)C[C@@H]1O. The molecule has 0 unspecified atom stereocenters. The maximum absolute atomic E-state index is 13.8. The van der Waals surface area contributed by atoms with Crippen molar-refractivity contribution in [1.29, 1.82) is 0 Å². The van der Waals surface area contributed by atoms with Gasteiger partial charge in [-0.2, -0.15) is 18.3 Å². The van der Waals surface area contributed by atoms with Crippen molar-refractivity contribution >= 4 is 17.4 Å². The molecule has 0 aromatic carbocycles. The zero-order chi connectivity index (χ0) is 32.0. The maximum Gasteiger partial charge on any atom is 0.420 e. The van der Waals surface area contributed by atoms with Gasteiger partial charge in [-0.15, -0.1) is 5.10 Å². The number of aliphatic hydroxyl groups excluding tert-OH is 1. The molecule has 12 nitrogen and oxygen atoms in total. The van der Waals surface area contributed by atoms with E-state index >= 15 is 0 Å². The summed E-state index contributed by atoms with van der Waals surface area (Å²) >= 11 is 0. The molecule has 0 aliphatic carbocycles. The number of likely N-dealkylation sites (tertiary alicyclic amines) is 1. The molecule has 5 heterocycles. The first-order valence-electron chi connectivity index (χ1n) is 13.6. The highest BCUT2D eigenvalue weighted by atomic mass is 19.4. The van der Waals surface area contributed by atoms with E-state index < -0.39 is 59.3 Å². The molecule has 0 radical (unpaired) electrons. The van der Waals surface area contributed by atoms with Gasteiger partial charge in [-0.3, -0.25) is 4.79 Å². The Morgan fingerprint density at radius 2 is 1.91 bits per heavy atom. The number of β-amino-alcohol motifs (C(OH)–C–C–N with tert-alkyl or cyclic N) is 1. The molecule has 0 spiro atoms. The van der Waals surface area contributed by atoms with Crippen molar-refractivity contribution in [3.8, 4) is 17.0 Å². The van der Waals surface area contributed by atoms with Crippen molar-refractivity contribution in [3.05, 3.63) is 59.6 Å². The lowest BCUT2D eigenvalue weighted by molar-refractivity contribution is -0.136. The summed E-state index contributed by atoms with van der Waals surface area (Å²) in [5, 5.41) is 23.2. The van der Waals surface area contributed by atoms with Crippen LogP contribution in [0.1, 0.15) is 55.0 Å². The Morgan fingerprint density at radius 3 is 2.55 bits per heavy atom. The number of Topliss-reactive ketones (excluding diaryl/α,β-unsaturated/α-hetero) is 1. The maximum atomic E-state index is 13.8. The number of ether oxygens (including phenoxy) is 2. The van der Waals surface area contributed by atoms with Crippen LogP contribution in [0.25, 0.3) is 16.8 Å². The summed E-state index contributed by atoms with van der Waals surface area (Å²) in [5.41, 5.74) is -1.28. The first kappa shape index (κ1) is 30.8. The average Bonchev–Trinajstić information content (AvgIpc) is 3.54. The van der Waals surface area contributed by atoms with E-state index in [2.05, 4.69) is 20.4 Å². The van der Waals surface area contributed by atoms with Gasteiger partial charge in [0.25, 0.3) is 0 Å². The largest absolute Gasteiger partial charge is 0.483 e. The number of ketones is 1. The smallest absolute Gasteiger partial charge is 0.420 e. The van der Waals surface area contributed by atoms with Gasteiger partial charge in [-0.05, 0) is 52.3 Å². The average molecular weight is 620 g/mol. The zero-order valence-corrected chi connectivity index (χ0v) is 24.2. The van der Waals surface area contributed by atoms with E-state index in [-0.39, 0.29) is 29.2 Å². The lowest BCUT2D eigenvalue weighted by Gasteiger charge is -2.36. The fraction of sp³-hybridized carbons (Fsp3) is 0.429. The fourth-order valence-corrected chi connectivity index (χ4v) is 4.91. The summed E-state index contributed by atoms with van der Waals surface area (Å²) < 4.78 is 68.1. The first-order valence-corrected chi connectivity index (χ1v) is 13.6. The lowest BCUT2D eigenvalue weighted by atomic mass is 10.0. The van der Waals surface area contributed by atoms with E-state index in [0.29, 0.717) is 24.9 Å². The standard InChI is InChI=1S/C28H29F4N7O5/c1-15-24(35-36-39(15)20-7-8-37(13-21(20)40)26(42)44-27(2,3)4)16-9-23(25-18(28(30,31)32)11-34-38(25)12-16)43-14-22(41)19-6-5-17(29)10-33-19/h5-6,9-12,20-21,40H,7-8,13-14H2,1-4H3/t20-,21+/m1/s1. The summed E-state index contributed by atoms with van der Waals surface area (Å²) in [6.45, 7) is 6.53. The van der Waals surface area contributed by atoms with Crippen LogP contribution in [0.15, 0.2) is 36.8 Å². The number of pyridine rings is 2. The number of carbonyl (C=O) groups is 2. The van der Waals surface area contributed by atoms with Crippen LogP contribution in [0.2, 0.25) is 0 Å². The van der Waals surface area contributed by atoms with Gasteiger partial charge >= 0.3 is 12.3 Å². The molecular formula is C28H29F4N7O5. The topological polar surface area (TPSA) is 137 Å². The second-order valence-electron chi connectivity index (χ2n) is 11.3. The van der Waals surface area contributed by atoms with Crippen molar-refractivity contribution in [1.82, 2.24) is 34.5 Å². The van der Waals surface area contributed by atoms with Crippen LogP contribution in [0, 0.1) is 12.7 Å². The van der Waals surface area contributed by atoms with Crippen molar-refractivity contribution in [2.75, 3.05) is 19.7 Å². The van der Waals surface area contributed by atoms with Crippen molar-refractivity contribution in [3.63, 3.8) is 0 Å². The minimum absolute atomic E-state index is 0.00259. The Labute approximate surface area is 248 Å². The summed E-state index contributed by atoms with van der Waals surface area (Å²) in [4.78, 5) is 30.2. The van der Waals surface area contributed by atoms with Gasteiger partial charge < -0.3 is 19.5 Å². The molecule has 0 bridgehead atoms. The number of nitrogens with zero attached hydrogens (tertiary/aromatic N) is 7. The number of piperidine rings is 1. The molecule has 2 atom stereocenters. The molecular weight excluding hydrogens is 590 g/mol. The van der Waals surface area contributed by atoms with Crippen LogP contribution in [-0.2, 0) is 10.9 Å². The van der Waals surface area contributed by atoms with Crippen LogP contribution < -0.4 is 4.74 Å². The molecule has 234 valence electrons. The normalized spacial score (nSPS) is 17.6. The Balaban J connectivity index is 1.43. The van der Waals surface area contributed by atoms with E-state index in [1.807, 2.05) is 0 Å². The van der Waals surface area contributed by atoms with Gasteiger partial charge in [0.2, 0.25) is 5.78 Å². The summed E-state index contributed by atoms with van der Waals surface area (Å²) in [7, 11) is 0. The number of halogens is 4. The van der Waals surface area contributed by atoms with Crippen LogP contribution in [0.5, 0.6) is 5.75 Å². The second-order valence-corrected chi connectivity index (χ2v) is 11.3. The van der Waals surface area contributed by atoms with Crippen LogP contribution >= 0.6 is 0 Å². The molecule has 44 heavy (non-hydrogen) atoms. The first-order chi connectivity index (χ1) is 20.6. The molecule has 4 aromatic heterocycles. The third kappa shape index (κ3) is 6.34. The zero-order valence-electron chi connectivity index (χ0n) is 24.2. The predicted molar refractivity (Wildman–Crippen MR) is 145 cm³/mol. The third-order valence-corrected chi connectivity index (χ3v) is 6.97. The molecule has 5 rings (SSSR count). The Bertz CT molecular complexity index is 1700. The third-order valence-electron chi connectivity index (χ3n) is 6.97. The molecule has 1 saturated heterocycles. The summed E-state index contributed by atoms with van der Waals surface area (Å²) in [6.07, 6.45) is -3.17. The number of fused-ring (bicyclic) bond motifs is 1. The van der Waals surface area contributed by atoms with Gasteiger partial charge in [0.05, 0.1) is 36.8 Å². The highest BCUT2D eigenvalue weighted by Gasteiger charge is 2.37. The fourth-order valence-electron chi connectivity index (χ4n) is 4.91. The van der Waals surface area contributed by atoms with Gasteiger partial charge in [-0.25, -0.2) is 23.4 Å². The number of rotatable bonds is 6. The molecule has 0 saturated carbocycles. The Hall–Kier alpha value is -4.60. The molecule has 1 aliphatic rings. The van der Waals surface area contributed by atoms with Gasteiger partial charge in [0.15, 0.2) is 6.61 Å². The quantitative estimate of drug-likeness (QED) is 0.248. The monoisotopic (exact) mass is 619 g/mol. The number of alkyl halides is 3. The molecule has 1 amide bonds. The lowest BCUT2D eigenvalue weighted by Crippen LogP contribution is -2.49. The Kier molecular flexibility index (Phi) is 8.05. The van der Waals surface area contributed by atoms with Crippen LogP contribution in [0.3, 0.4) is 0 Å². The van der Waals surface area contributed by atoms with E-state index in [4.69, 9.17) is 9.47 Å². The number of amides is 1. The Morgan fingerprint density at radius 1 is 1.16 bits per heavy atom. The number of carbonyl (C=O) groups excluding carboxylic acids is 2. The predicted octanol–water partition coefficient (Wildman–Crippen LogP) is 4.26. The molecule has 1 aliphatic heterocycles. The minimum atomic E-state index is -4.77. The van der Waals surface area contributed by atoms with E-state index in [1.54, 1.807) is 27.7 Å². The van der Waals surface area contributed by atoms with Gasteiger partial charge in [0.1, 0.15) is 39.6 Å². The number of aromatic nitrogens is 6. The molecule has 1 N–H and O–H groups in total. The van der Waals surface area contributed by atoms with Crippen molar-refractivity contribution in [2.45, 2.75) is 58.0 Å². The van der Waals surface area contributed by atoms with Crippen LogP contribution in [0.4, 0.5) is 22.4 Å². The molecule has 1 fully saturated rings. The molecule has 16 heteroatoms. The highest BCUT2D eigenvalue weighted by Crippen LogP contribution is 2.39. The van der Waals surface area contributed by atoms with Gasteiger partial charge in [-0.1, -0.05) is 5.21 Å². The van der Waals surface area contributed by atoms with Crippen molar-refractivity contribution < 1.29 is 41.7 Å². The number of hydrogen-bond acceptors (Lipinski definition) is 9. The number of aliphatic hydroxyl groups is 1. The summed E-state index contributed by atoms with van der Waals surface area (Å²) in [5.74, 6) is -1.65. The van der Waals surface area contributed by atoms with E-state index in [9.17, 15) is 32.3 Å². The van der Waals surface area contributed by atoms with Crippen LogP contribution in [-0.4, -0.2) is 82.9 Å². The highest BCUT2D eigenvalue weighted by molar-refractivity contribution is 5.95. The van der Waals surface area contributed by atoms with E-state index in [0.717, 1.165) is 22.8 Å². The number of hydrogen-bond donors (Lipinski definition) is 1. The van der Waals surface area contributed by atoms with Crippen molar-refractivity contribution in [2.24, 2.45) is 0 Å². The van der Waals surface area contributed by atoms with Gasteiger partial charge in [0, 0.05) is 18.3 Å². The molecule has 4 aromatic rings. The summed E-state index contributed by atoms with van der Waals surface area (Å²) in [6, 6.07) is 2.92. The second kappa shape index (κ2) is 11.5. The van der Waals surface area contributed by atoms with E-state index in [1.165, 1.54) is 21.8 Å². The minimum Gasteiger partial charge on any atom is -0.483 e.